The summed E-state index contributed by atoms with van der Waals surface area (Å²) in [6.45, 7) is 3.27. The summed E-state index contributed by atoms with van der Waals surface area (Å²) in [7, 11) is -2.22. The molecule has 4 rings (SSSR count). The van der Waals surface area contributed by atoms with Crippen LogP contribution in [-0.2, 0) is 22.9 Å². The van der Waals surface area contributed by atoms with Crippen LogP contribution in [0.25, 0.3) is 0 Å². The van der Waals surface area contributed by atoms with Crippen molar-refractivity contribution >= 4 is 33.0 Å². The monoisotopic (exact) mass is 448 g/mol. The minimum atomic E-state index is -3.68. The van der Waals surface area contributed by atoms with Crippen molar-refractivity contribution in [2.24, 2.45) is 5.92 Å². The van der Waals surface area contributed by atoms with Crippen molar-refractivity contribution in [2.75, 3.05) is 25.5 Å². The maximum Gasteiger partial charge on any atom is 0.256 e. The van der Waals surface area contributed by atoms with Crippen molar-refractivity contribution in [2.45, 2.75) is 50.3 Å². The molecule has 0 spiro atoms. The van der Waals surface area contributed by atoms with Gasteiger partial charge in [0.2, 0.25) is 10.0 Å². The zero-order valence-electron chi connectivity index (χ0n) is 17.4. The molecule has 1 unspecified atom stereocenters. The second-order valence-electron chi connectivity index (χ2n) is 8.18. The number of benzene rings is 1. The number of hydrogen-bond acceptors (Lipinski definition) is 5. The molecule has 1 aliphatic carbocycles. The van der Waals surface area contributed by atoms with Crippen LogP contribution in [0, 0.1) is 5.92 Å². The van der Waals surface area contributed by atoms with Gasteiger partial charge in [-0.2, -0.15) is 4.31 Å². The van der Waals surface area contributed by atoms with E-state index in [2.05, 4.69) is 12.2 Å². The van der Waals surface area contributed by atoms with Crippen LogP contribution in [-0.4, -0.2) is 38.8 Å². The number of nitrogens with one attached hydrogen (secondary N) is 1. The number of nitrogens with zero attached hydrogens (tertiary/aromatic N) is 1. The standard InChI is InChI=1S/C22H28N2O4S2/c1-15-6-8-17-18(14-29-20(17)12-15)22(25)23-16-7-9-19(28-2)21(13-16)30(26,27)24-10-4-3-5-11-24/h7,9,13-15H,3-6,8,10-12H2,1-2H3,(H,23,25). The average Bonchev–Trinajstić information content (AvgIpc) is 3.17. The Labute approximate surface area is 182 Å². The molecule has 1 fully saturated rings. The number of thiophene rings is 1. The van der Waals surface area contributed by atoms with Gasteiger partial charge in [0.15, 0.2) is 0 Å². The van der Waals surface area contributed by atoms with Crippen LogP contribution in [0.2, 0.25) is 0 Å². The molecule has 0 saturated carbocycles. The van der Waals surface area contributed by atoms with Crippen LogP contribution < -0.4 is 10.1 Å². The number of ether oxygens (including phenoxy) is 1. The zero-order valence-corrected chi connectivity index (χ0v) is 19.1. The number of amides is 1. The van der Waals surface area contributed by atoms with Gasteiger partial charge in [-0.15, -0.1) is 11.3 Å². The smallest absolute Gasteiger partial charge is 0.256 e. The number of rotatable bonds is 5. The molecular weight excluding hydrogens is 420 g/mol. The van der Waals surface area contributed by atoms with Gasteiger partial charge in [-0.1, -0.05) is 13.3 Å². The van der Waals surface area contributed by atoms with Crippen molar-refractivity contribution in [3.8, 4) is 5.75 Å². The van der Waals surface area contributed by atoms with Gasteiger partial charge in [-0.25, -0.2) is 8.42 Å². The highest BCUT2D eigenvalue weighted by atomic mass is 32.2. The normalized spacial score (nSPS) is 19.9. The summed E-state index contributed by atoms with van der Waals surface area (Å²) in [5.41, 5.74) is 2.31. The van der Waals surface area contributed by atoms with Gasteiger partial charge in [-0.3, -0.25) is 4.79 Å². The zero-order chi connectivity index (χ0) is 21.3. The van der Waals surface area contributed by atoms with Gasteiger partial charge in [-0.05, 0) is 61.8 Å². The van der Waals surface area contributed by atoms with Crippen LogP contribution in [0.4, 0.5) is 5.69 Å². The van der Waals surface area contributed by atoms with Crippen LogP contribution in [0.3, 0.4) is 0 Å². The second kappa shape index (κ2) is 8.69. The number of carbonyl (C=O) groups excluding carboxylic acids is 1. The predicted octanol–water partition coefficient (Wildman–Crippen LogP) is 4.31. The third-order valence-electron chi connectivity index (χ3n) is 6.00. The summed E-state index contributed by atoms with van der Waals surface area (Å²) in [6.07, 6.45) is 5.79. The average molecular weight is 449 g/mol. The molecule has 1 atom stereocenters. The van der Waals surface area contributed by atoms with Crippen molar-refractivity contribution in [3.05, 3.63) is 39.6 Å². The highest BCUT2D eigenvalue weighted by Gasteiger charge is 2.30. The molecule has 1 aromatic carbocycles. The van der Waals surface area contributed by atoms with Crippen LogP contribution in [0.5, 0.6) is 5.75 Å². The number of carbonyl (C=O) groups is 1. The van der Waals surface area contributed by atoms with E-state index in [1.165, 1.54) is 22.4 Å². The lowest BCUT2D eigenvalue weighted by atomic mass is 9.88. The Bertz CT molecular complexity index is 1040. The first-order valence-corrected chi connectivity index (χ1v) is 12.8. The second-order valence-corrected chi connectivity index (χ2v) is 11.1. The summed E-state index contributed by atoms with van der Waals surface area (Å²) in [4.78, 5) is 14.3. The Kier molecular flexibility index (Phi) is 6.18. The molecular formula is C22H28N2O4S2. The van der Waals surface area contributed by atoms with Gasteiger partial charge in [0.05, 0.1) is 12.7 Å². The topological polar surface area (TPSA) is 75.7 Å². The molecule has 0 radical (unpaired) electrons. The fourth-order valence-corrected chi connectivity index (χ4v) is 7.21. The number of methoxy groups -OCH3 is 1. The fraction of sp³-hybridized carbons (Fsp3) is 0.500. The third kappa shape index (κ3) is 4.13. The van der Waals surface area contributed by atoms with Gasteiger partial charge in [0.1, 0.15) is 10.6 Å². The Morgan fingerprint density at radius 3 is 2.73 bits per heavy atom. The number of sulfonamides is 1. The van der Waals surface area contributed by atoms with Crippen molar-refractivity contribution in [3.63, 3.8) is 0 Å². The van der Waals surface area contributed by atoms with E-state index in [9.17, 15) is 13.2 Å². The van der Waals surface area contributed by atoms with E-state index < -0.39 is 10.0 Å². The lowest BCUT2D eigenvalue weighted by molar-refractivity contribution is 0.102. The Morgan fingerprint density at radius 1 is 1.23 bits per heavy atom. The predicted molar refractivity (Wildman–Crippen MR) is 119 cm³/mol. The molecule has 6 nitrogen and oxygen atoms in total. The van der Waals surface area contributed by atoms with E-state index in [0.29, 0.717) is 36.0 Å². The molecule has 1 N–H and O–H groups in total. The number of anilines is 1. The van der Waals surface area contributed by atoms with Gasteiger partial charge >= 0.3 is 0 Å². The summed E-state index contributed by atoms with van der Waals surface area (Å²) in [6, 6.07) is 4.81. The molecule has 162 valence electrons. The molecule has 0 bridgehead atoms. The van der Waals surface area contributed by atoms with Gasteiger partial charge in [0.25, 0.3) is 5.91 Å². The van der Waals surface area contributed by atoms with E-state index >= 15 is 0 Å². The Balaban J connectivity index is 1.60. The van der Waals surface area contributed by atoms with E-state index in [1.54, 1.807) is 23.5 Å². The van der Waals surface area contributed by atoms with Gasteiger partial charge in [0, 0.05) is 29.0 Å². The Morgan fingerprint density at radius 2 is 2.00 bits per heavy atom. The molecule has 1 saturated heterocycles. The largest absolute Gasteiger partial charge is 0.495 e. The molecule has 2 aliphatic rings. The third-order valence-corrected chi connectivity index (χ3v) is 8.97. The lowest BCUT2D eigenvalue weighted by Gasteiger charge is -2.26. The quantitative estimate of drug-likeness (QED) is 0.740. The first kappa shape index (κ1) is 21.3. The summed E-state index contributed by atoms with van der Waals surface area (Å²) < 4.78 is 33.2. The SMILES string of the molecule is COc1ccc(NC(=O)c2csc3c2CCC(C)C3)cc1S(=O)(=O)N1CCCCC1. The van der Waals surface area contributed by atoms with Crippen molar-refractivity contribution < 1.29 is 17.9 Å². The highest BCUT2D eigenvalue weighted by molar-refractivity contribution is 7.89. The molecule has 30 heavy (non-hydrogen) atoms. The minimum absolute atomic E-state index is 0.103. The van der Waals surface area contributed by atoms with E-state index in [0.717, 1.165) is 44.1 Å². The molecule has 8 heteroatoms. The molecule has 2 aromatic rings. The van der Waals surface area contributed by atoms with Crippen LogP contribution >= 0.6 is 11.3 Å². The Hall–Kier alpha value is -1.90. The van der Waals surface area contributed by atoms with Crippen molar-refractivity contribution in [1.82, 2.24) is 4.31 Å². The molecule has 1 amide bonds. The number of hydrogen-bond donors (Lipinski definition) is 1. The van der Waals surface area contributed by atoms with E-state index in [4.69, 9.17) is 4.74 Å². The fourth-order valence-electron chi connectivity index (χ4n) is 4.27. The lowest BCUT2D eigenvalue weighted by Crippen LogP contribution is -2.35. The number of fused-ring (bicyclic) bond motifs is 1. The maximum atomic E-state index is 13.2. The van der Waals surface area contributed by atoms with E-state index in [-0.39, 0.29) is 10.8 Å². The summed E-state index contributed by atoms with van der Waals surface area (Å²) >= 11 is 1.64. The minimum Gasteiger partial charge on any atom is -0.495 e. The van der Waals surface area contributed by atoms with Gasteiger partial charge < -0.3 is 10.1 Å². The first-order valence-electron chi connectivity index (χ1n) is 10.5. The van der Waals surface area contributed by atoms with E-state index in [1.807, 2.05) is 5.38 Å². The highest BCUT2D eigenvalue weighted by Crippen LogP contribution is 2.34. The van der Waals surface area contributed by atoms with Crippen LogP contribution in [0.15, 0.2) is 28.5 Å². The summed E-state index contributed by atoms with van der Waals surface area (Å²) in [5, 5.41) is 4.83. The number of piperidine rings is 1. The van der Waals surface area contributed by atoms with Crippen molar-refractivity contribution in [1.29, 1.82) is 0 Å². The molecule has 1 aromatic heterocycles. The molecule has 1 aliphatic heterocycles. The van der Waals surface area contributed by atoms with Crippen LogP contribution in [0.1, 0.15) is 53.4 Å². The first-order chi connectivity index (χ1) is 14.4. The maximum absolute atomic E-state index is 13.2. The molecule has 2 heterocycles. The summed E-state index contributed by atoms with van der Waals surface area (Å²) in [5.74, 6) is 0.755.